The molecular weight excluding hydrogens is 572 g/mol. The number of aromatic hydroxyl groups is 1. The maximum absolute atomic E-state index is 11.9. The van der Waals surface area contributed by atoms with Crippen LogP contribution >= 0.6 is 11.3 Å². The molecule has 9 nitrogen and oxygen atoms in total. The molecule has 2 unspecified atom stereocenters. The molecule has 0 bridgehead atoms. The normalized spacial score (nSPS) is 18.3. The average molecular weight is 609 g/mol. The lowest BCUT2D eigenvalue weighted by Crippen LogP contribution is -2.41. The lowest BCUT2D eigenvalue weighted by Gasteiger charge is -2.29. The summed E-state index contributed by atoms with van der Waals surface area (Å²) in [6.45, 7) is 5.78. The van der Waals surface area contributed by atoms with E-state index in [2.05, 4.69) is 0 Å². The molecule has 3 heterocycles. The number of carbonyl (C=O) groups excluding carboxylic acids is 3. The molecule has 2 atom stereocenters. The topological polar surface area (TPSA) is 118 Å². The van der Waals surface area contributed by atoms with Crippen LogP contribution in [0.1, 0.15) is 67.0 Å². The average Bonchev–Trinajstić information content (AvgIpc) is 3.40. The largest absolute Gasteiger partial charge is 0.508 e. The standard InChI is InChI=1S/C18H20O6.C15H16O3S/c1-18(2)23-16(19)14(17(20)24-18)11-12-6-8-13(9-7-12)22-15-5-3-4-10-21-15;1-10-7-8-19-15(10)13(9-14(17)18-2)11-3-5-12(16)6-4-11/h6-9,11,15H,3-5,10H2,1-2H3;3-8,13,16H,9H2,1-2H3. The Kier molecular flexibility index (Phi) is 10.6. The first kappa shape index (κ1) is 31.8. The summed E-state index contributed by atoms with van der Waals surface area (Å²) in [4.78, 5) is 36.6. The molecule has 0 amide bonds. The van der Waals surface area contributed by atoms with E-state index in [-0.39, 0.29) is 29.5 Å². The van der Waals surface area contributed by atoms with Crippen molar-refractivity contribution in [2.75, 3.05) is 13.7 Å². The van der Waals surface area contributed by atoms with Crippen molar-refractivity contribution >= 4 is 35.3 Å². The van der Waals surface area contributed by atoms with Gasteiger partial charge in [0.15, 0.2) is 6.29 Å². The van der Waals surface area contributed by atoms with E-state index in [0.29, 0.717) is 17.7 Å². The number of hydrogen-bond acceptors (Lipinski definition) is 10. The second-order valence-electron chi connectivity index (χ2n) is 10.6. The van der Waals surface area contributed by atoms with Crippen LogP contribution in [0.2, 0.25) is 0 Å². The van der Waals surface area contributed by atoms with Crippen molar-refractivity contribution in [1.29, 1.82) is 0 Å². The van der Waals surface area contributed by atoms with Crippen LogP contribution in [-0.2, 0) is 33.3 Å². The third kappa shape index (κ3) is 8.92. The number of methoxy groups -OCH3 is 1. The molecule has 0 saturated carbocycles. The lowest BCUT2D eigenvalue weighted by atomic mass is 9.92. The maximum atomic E-state index is 11.9. The van der Waals surface area contributed by atoms with Crippen LogP contribution in [0.5, 0.6) is 11.5 Å². The molecule has 2 saturated heterocycles. The van der Waals surface area contributed by atoms with Crippen molar-refractivity contribution in [2.45, 2.75) is 64.4 Å². The summed E-state index contributed by atoms with van der Waals surface area (Å²) in [5.41, 5.74) is 2.73. The van der Waals surface area contributed by atoms with E-state index < -0.39 is 17.7 Å². The molecule has 10 heteroatoms. The van der Waals surface area contributed by atoms with Crippen LogP contribution in [-0.4, -0.2) is 48.8 Å². The summed E-state index contributed by atoms with van der Waals surface area (Å²) in [6.07, 6.45) is 4.57. The minimum Gasteiger partial charge on any atom is -0.508 e. The molecule has 5 rings (SSSR count). The first-order valence-corrected chi connectivity index (χ1v) is 14.9. The third-order valence-electron chi connectivity index (χ3n) is 6.83. The Bertz CT molecular complexity index is 1410. The summed E-state index contributed by atoms with van der Waals surface area (Å²) < 4.78 is 26.2. The first-order valence-electron chi connectivity index (χ1n) is 14.0. The van der Waals surface area contributed by atoms with Crippen LogP contribution in [0.25, 0.3) is 6.08 Å². The second-order valence-corrected chi connectivity index (χ2v) is 11.6. The summed E-state index contributed by atoms with van der Waals surface area (Å²) >= 11 is 1.64. The lowest BCUT2D eigenvalue weighted by molar-refractivity contribution is -0.222. The summed E-state index contributed by atoms with van der Waals surface area (Å²) in [5, 5.41) is 11.4. The highest BCUT2D eigenvalue weighted by Gasteiger charge is 2.38. The first-order chi connectivity index (χ1) is 20.5. The van der Waals surface area contributed by atoms with Crippen molar-refractivity contribution in [3.8, 4) is 11.5 Å². The number of esters is 3. The molecule has 2 aliphatic heterocycles. The number of phenolic OH excluding ortho intramolecular Hbond substituents is 1. The Labute approximate surface area is 255 Å². The molecule has 3 aromatic rings. The Hall–Kier alpha value is -4.15. The van der Waals surface area contributed by atoms with Gasteiger partial charge < -0.3 is 28.8 Å². The molecule has 2 aromatic carbocycles. The Morgan fingerprint density at radius 1 is 1.05 bits per heavy atom. The zero-order valence-electron chi connectivity index (χ0n) is 24.7. The number of phenols is 1. The zero-order valence-corrected chi connectivity index (χ0v) is 25.5. The van der Waals surface area contributed by atoms with E-state index in [9.17, 15) is 19.5 Å². The van der Waals surface area contributed by atoms with Crippen molar-refractivity contribution in [3.05, 3.63) is 87.1 Å². The highest BCUT2D eigenvalue weighted by Crippen LogP contribution is 2.35. The SMILES string of the molecule is CC1(C)OC(=O)C(=Cc2ccc(OC3CCCCO3)cc2)C(=O)O1.COC(=O)CC(c1ccc(O)cc1)c1sccc1C. The molecule has 0 aliphatic carbocycles. The minimum absolute atomic E-state index is 0.0203. The zero-order chi connectivity index (χ0) is 31.0. The van der Waals surface area contributed by atoms with Gasteiger partial charge in [-0.25, -0.2) is 9.59 Å². The molecule has 1 N–H and O–H groups in total. The van der Waals surface area contributed by atoms with E-state index >= 15 is 0 Å². The van der Waals surface area contributed by atoms with Gasteiger partial charge in [-0.1, -0.05) is 24.3 Å². The molecule has 2 aliphatic rings. The van der Waals surface area contributed by atoms with Gasteiger partial charge in [-0.15, -0.1) is 11.3 Å². The number of hydrogen-bond donors (Lipinski definition) is 1. The van der Waals surface area contributed by atoms with Gasteiger partial charge in [0.1, 0.15) is 17.1 Å². The van der Waals surface area contributed by atoms with Crippen LogP contribution in [0.3, 0.4) is 0 Å². The van der Waals surface area contributed by atoms with E-state index in [4.69, 9.17) is 23.7 Å². The number of carbonyl (C=O) groups is 3. The van der Waals surface area contributed by atoms with Crippen molar-refractivity contribution in [3.63, 3.8) is 0 Å². The fourth-order valence-corrected chi connectivity index (χ4v) is 5.66. The van der Waals surface area contributed by atoms with Crippen molar-refractivity contribution in [2.24, 2.45) is 0 Å². The van der Waals surface area contributed by atoms with E-state index in [0.717, 1.165) is 36.3 Å². The minimum atomic E-state index is -1.23. The van der Waals surface area contributed by atoms with Gasteiger partial charge in [0.05, 0.1) is 20.1 Å². The Balaban J connectivity index is 0.000000203. The Morgan fingerprint density at radius 3 is 2.28 bits per heavy atom. The summed E-state index contributed by atoms with van der Waals surface area (Å²) in [5.74, 6) is -1.95. The van der Waals surface area contributed by atoms with Gasteiger partial charge in [0.2, 0.25) is 0 Å². The molecule has 0 radical (unpaired) electrons. The monoisotopic (exact) mass is 608 g/mol. The quantitative estimate of drug-likeness (QED) is 0.188. The molecule has 228 valence electrons. The number of aryl methyl sites for hydroxylation is 1. The van der Waals surface area contributed by atoms with Gasteiger partial charge in [-0.05, 0) is 78.2 Å². The fraction of sp³-hybridized carbons (Fsp3) is 0.364. The molecule has 0 spiro atoms. The maximum Gasteiger partial charge on any atom is 0.348 e. The van der Waals surface area contributed by atoms with E-state index in [1.54, 1.807) is 47.7 Å². The molecular formula is C33H36O9S. The fourth-order valence-electron chi connectivity index (χ4n) is 4.60. The van der Waals surface area contributed by atoms with E-state index in [1.807, 2.05) is 30.5 Å². The third-order valence-corrected chi connectivity index (χ3v) is 7.96. The predicted molar refractivity (Wildman–Crippen MR) is 161 cm³/mol. The van der Waals surface area contributed by atoms with Gasteiger partial charge in [-0.2, -0.15) is 0 Å². The predicted octanol–water partition coefficient (Wildman–Crippen LogP) is 6.27. The molecule has 2 fully saturated rings. The van der Waals surface area contributed by atoms with Gasteiger partial charge in [-0.3, -0.25) is 4.79 Å². The number of benzene rings is 2. The van der Waals surface area contributed by atoms with Gasteiger partial charge >= 0.3 is 17.9 Å². The summed E-state index contributed by atoms with van der Waals surface area (Å²) in [6, 6.07) is 16.1. The number of thiophene rings is 1. The van der Waals surface area contributed by atoms with Crippen molar-refractivity contribution < 1.29 is 43.2 Å². The smallest absolute Gasteiger partial charge is 0.348 e. The van der Waals surface area contributed by atoms with Crippen LogP contribution < -0.4 is 4.74 Å². The van der Waals surface area contributed by atoms with Crippen LogP contribution in [0.15, 0.2) is 65.6 Å². The van der Waals surface area contributed by atoms with Crippen molar-refractivity contribution in [1.82, 2.24) is 0 Å². The van der Waals surface area contributed by atoms with Gasteiger partial charge in [0.25, 0.3) is 5.79 Å². The second kappa shape index (κ2) is 14.3. The number of ether oxygens (including phenoxy) is 5. The van der Waals surface area contributed by atoms with Gasteiger partial charge in [0, 0.05) is 31.1 Å². The highest BCUT2D eigenvalue weighted by atomic mass is 32.1. The van der Waals surface area contributed by atoms with Crippen LogP contribution in [0, 0.1) is 6.92 Å². The Morgan fingerprint density at radius 2 is 1.72 bits per heavy atom. The van der Waals surface area contributed by atoms with Crippen LogP contribution in [0.4, 0.5) is 0 Å². The molecule has 43 heavy (non-hydrogen) atoms. The number of rotatable bonds is 7. The number of cyclic esters (lactones) is 2. The summed E-state index contributed by atoms with van der Waals surface area (Å²) in [7, 11) is 1.40. The van der Waals surface area contributed by atoms with E-state index in [1.165, 1.54) is 32.6 Å². The molecule has 1 aromatic heterocycles. The highest BCUT2D eigenvalue weighted by molar-refractivity contribution is 7.10.